The zero-order valence-electron chi connectivity index (χ0n) is 14.4. The highest BCUT2D eigenvalue weighted by molar-refractivity contribution is 7.94. The summed E-state index contributed by atoms with van der Waals surface area (Å²) in [5.41, 5.74) is -0.488. The molecule has 0 radical (unpaired) electrons. The van der Waals surface area contributed by atoms with Gasteiger partial charge in [0.25, 0.3) is 11.5 Å². The molecule has 4 rings (SSSR count). The number of aromatic carboxylic acids is 1. The maximum Gasteiger partial charge on any atom is 0.341 e. The highest BCUT2D eigenvalue weighted by Crippen LogP contribution is 2.50. The molecule has 2 aliphatic carbocycles. The Labute approximate surface area is 150 Å². The summed E-state index contributed by atoms with van der Waals surface area (Å²) in [5, 5.41) is 8.88. The Kier molecular flexibility index (Phi) is 3.60. The van der Waals surface area contributed by atoms with Crippen LogP contribution < -0.4 is 5.56 Å². The summed E-state index contributed by atoms with van der Waals surface area (Å²) in [7, 11) is -3.23. The van der Waals surface area contributed by atoms with Gasteiger partial charge in [0, 0.05) is 19.6 Å². The van der Waals surface area contributed by atoms with Crippen LogP contribution in [0.1, 0.15) is 52.1 Å². The minimum atomic E-state index is -3.23. The third-order valence-corrected chi connectivity index (χ3v) is 8.74. The van der Waals surface area contributed by atoms with E-state index in [0.29, 0.717) is 31.2 Å². The minimum Gasteiger partial charge on any atom is -0.477 e. The van der Waals surface area contributed by atoms with Gasteiger partial charge in [-0.15, -0.1) is 0 Å². The molecule has 1 aliphatic heterocycles. The highest BCUT2D eigenvalue weighted by atomic mass is 32.2. The van der Waals surface area contributed by atoms with Crippen LogP contribution in [-0.4, -0.2) is 58.0 Å². The van der Waals surface area contributed by atoms with Crippen LogP contribution >= 0.6 is 0 Å². The van der Waals surface area contributed by atoms with Crippen molar-refractivity contribution < 1.29 is 23.1 Å². The summed E-state index contributed by atoms with van der Waals surface area (Å²) in [6.07, 6.45) is 2.54. The molecule has 3 aliphatic rings. The third-order valence-electron chi connectivity index (χ3n) is 5.65. The van der Waals surface area contributed by atoms with Gasteiger partial charge in [0.05, 0.1) is 10.00 Å². The summed E-state index contributed by atoms with van der Waals surface area (Å²) in [4.78, 5) is 38.0. The second-order valence-electron chi connectivity index (χ2n) is 7.51. The number of carbonyl (C=O) groups is 2. The maximum atomic E-state index is 12.9. The van der Waals surface area contributed by atoms with E-state index in [0.717, 1.165) is 0 Å². The number of carboxylic acids is 1. The number of carboxylic acid groups (broad SMARTS) is 1. The second kappa shape index (κ2) is 5.42. The largest absolute Gasteiger partial charge is 0.477 e. The molecular formula is C17H20N2O6S. The van der Waals surface area contributed by atoms with E-state index >= 15 is 0 Å². The predicted octanol–water partition coefficient (Wildman–Crippen LogP) is 0.421. The van der Waals surface area contributed by atoms with Gasteiger partial charge in [-0.1, -0.05) is 0 Å². The number of rotatable bonds is 5. The Balaban J connectivity index is 1.66. The fraction of sp³-hybridized carbons (Fsp3) is 0.588. The molecule has 0 aromatic carbocycles. The molecular weight excluding hydrogens is 360 g/mol. The third kappa shape index (κ3) is 2.40. The van der Waals surface area contributed by atoms with Gasteiger partial charge in [-0.2, -0.15) is 0 Å². The van der Waals surface area contributed by atoms with Crippen LogP contribution in [0, 0.1) is 6.92 Å². The number of amides is 1. The molecule has 0 saturated heterocycles. The molecule has 1 N–H and O–H groups in total. The van der Waals surface area contributed by atoms with Crippen molar-refractivity contribution in [1.82, 2.24) is 9.47 Å². The molecule has 1 aromatic heterocycles. The number of aromatic nitrogens is 1. The van der Waals surface area contributed by atoms with E-state index in [1.165, 1.54) is 15.5 Å². The standard InChI is InChI=1S/C17H20N2O6S/c1-10-8-12(16(22)23)14(20)19-7-6-18(15(21)13(10)19)9-17(4-5-17)26(24,25)11-2-3-11/h8,11H,2-7,9H2,1H3,(H,22,23). The summed E-state index contributed by atoms with van der Waals surface area (Å²) in [6, 6.07) is 1.21. The Morgan fingerprint density at radius 2 is 1.92 bits per heavy atom. The summed E-state index contributed by atoms with van der Waals surface area (Å²) in [6.45, 7) is 2.11. The SMILES string of the molecule is Cc1cc(C(=O)O)c(=O)n2c1C(=O)N(CC1(S(=O)(=O)C3CC3)CC1)CC2. The second-order valence-corrected chi connectivity index (χ2v) is 10.1. The number of pyridine rings is 1. The number of hydrogen-bond donors (Lipinski definition) is 1. The van der Waals surface area contributed by atoms with Crippen molar-refractivity contribution in [3.8, 4) is 0 Å². The van der Waals surface area contributed by atoms with Crippen molar-refractivity contribution in [2.75, 3.05) is 13.1 Å². The van der Waals surface area contributed by atoms with Crippen molar-refractivity contribution in [1.29, 1.82) is 0 Å². The molecule has 140 valence electrons. The average molecular weight is 380 g/mol. The lowest BCUT2D eigenvalue weighted by Gasteiger charge is -2.33. The summed E-state index contributed by atoms with van der Waals surface area (Å²) < 4.78 is 25.7. The van der Waals surface area contributed by atoms with Crippen molar-refractivity contribution in [2.45, 2.75) is 49.1 Å². The smallest absolute Gasteiger partial charge is 0.341 e. The van der Waals surface area contributed by atoms with Gasteiger partial charge in [-0.05, 0) is 44.2 Å². The number of carbonyl (C=O) groups excluding carboxylic acids is 1. The fourth-order valence-electron chi connectivity index (χ4n) is 3.83. The van der Waals surface area contributed by atoms with Crippen LogP contribution in [0.3, 0.4) is 0 Å². The molecule has 2 saturated carbocycles. The first kappa shape index (κ1) is 17.3. The minimum absolute atomic E-state index is 0.152. The fourth-order valence-corrected chi connectivity index (χ4v) is 6.30. The van der Waals surface area contributed by atoms with Crippen LogP contribution in [0.5, 0.6) is 0 Å². The molecule has 26 heavy (non-hydrogen) atoms. The predicted molar refractivity (Wildman–Crippen MR) is 92.2 cm³/mol. The molecule has 8 nitrogen and oxygen atoms in total. The molecule has 0 spiro atoms. The number of aryl methyl sites for hydroxylation is 1. The van der Waals surface area contributed by atoms with Gasteiger partial charge in [0.15, 0.2) is 9.84 Å². The van der Waals surface area contributed by atoms with Gasteiger partial charge < -0.3 is 14.6 Å². The van der Waals surface area contributed by atoms with E-state index in [1.54, 1.807) is 6.92 Å². The van der Waals surface area contributed by atoms with E-state index in [4.69, 9.17) is 5.11 Å². The van der Waals surface area contributed by atoms with E-state index < -0.39 is 32.0 Å². The van der Waals surface area contributed by atoms with Crippen LogP contribution in [0.2, 0.25) is 0 Å². The summed E-state index contributed by atoms with van der Waals surface area (Å²) in [5.74, 6) is -1.73. The Morgan fingerprint density at radius 3 is 2.46 bits per heavy atom. The first-order valence-corrected chi connectivity index (χ1v) is 10.2. The normalized spacial score (nSPS) is 21.4. The lowest BCUT2D eigenvalue weighted by Crippen LogP contribution is -2.50. The van der Waals surface area contributed by atoms with Crippen LogP contribution in [0.4, 0.5) is 0 Å². The Morgan fingerprint density at radius 1 is 1.27 bits per heavy atom. The van der Waals surface area contributed by atoms with Crippen LogP contribution in [-0.2, 0) is 16.4 Å². The topological polar surface area (TPSA) is 114 Å². The molecule has 0 unspecified atom stereocenters. The molecule has 1 aromatic rings. The molecule has 9 heteroatoms. The van der Waals surface area contributed by atoms with Gasteiger partial charge in [-0.3, -0.25) is 9.59 Å². The average Bonchev–Trinajstić information content (AvgIpc) is 3.45. The quantitative estimate of drug-likeness (QED) is 0.792. The van der Waals surface area contributed by atoms with Crippen molar-refractivity contribution in [3.05, 3.63) is 33.2 Å². The Hall–Kier alpha value is -2.16. The zero-order chi connectivity index (χ0) is 18.9. The van der Waals surface area contributed by atoms with E-state index in [-0.39, 0.29) is 36.1 Å². The lowest BCUT2D eigenvalue weighted by atomic mass is 10.1. The molecule has 1 amide bonds. The number of fused-ring (bicyclic) bond motifs is 1. The van der Waals surface area contributed by atoms with Gasteiger partial charge in [-0.25, -0.2) is 13.2 Å². The lowest BCUT2D eigenvalue weighted by molar-refractivity contribution is 0.0670. The Bertz CT molecular complexity index is 985. The van der Waals surface area contributed by atoms with Crippen LogP contribution in [0.15, 0.2) is 10.9 Å². The van der Waals surface area contributed by atoms with Crippen LogP contribution in [0.25, 0.3) is 0 Å². The molecule has 0 atom stereocenters. The van der Waals surface area contributed by atoms with Crippen molar-refractivity contribution >= 4 is 21.7 Å². The van der Waals surface area contributed by atoms with E-state index in [2.05, 4.69) is 0 Å². The highest BCUT2D eigenvalue weighted by Gasteiger charge is 2.60. The molecule has 2 fully saturated rings. The number of nitrogens with zero attached hydrogens (tertiary/aromatic N) is 2. The first-order valence-electron chi connectivity index (χ1n) is 8.68. The van der Waals surface area contributed by atoms with Crippen molar-refractivity contribution in [3.63, 3.8) is 0 Å². The zero-order valence-corrected chi connectivity index (χ0v) is 15.2. The number of sulfone groups is 1. The number of hydrogen-bond acceptors (Lipinski definition) is 5. The molecule has 2 heterocycles. The van der Waals surface area contributed by atoms with E-state index in [1.807, 2.05) is 0 Å². The summed E-state index contributed by atoms with van der Waals surface area (Å²) >= 11 is 0. The monoisotopic (exact) mass is 380 g/mol. The first-order chi connectivity index (χ1) is 12.2. The maximum absolute atomic E-state index is 12.9. The van der Waals surface area contributed by atoms with Gasteiger partial charge in [0.2, 0.25) is 0 Å². The van der Waals surface area contributed by atoms with Crippen molar-refractivity contribution in [2.24, 2.45) is 0 Å². The molecule has 0 bridgehead atoms. The van der Waals surface area contributed by atoms with E-state index in [9.17, 15) is 22.8 Å². The van der Waals surface area contributed by atoms with Gasteiger partial charge >= 0.3 is 5.97 Å². The van der Waals surface area contributed by atoms with Gasteiger partial charge in [0.1, 0.15) is 11.3 Å².